The van der Waals surface area contributed by atoms with Crippen molar-refractivity contribution < 1.29 is 0 Å². The number of piperidine rings is 2. The molecule has 2 N–H and O–H groups in total. The Balaban J connectivity index is 0.000000135. The van der Waals surface area contributed by atoms with Gasteiger partial charge in [-0.1, -0.05) is 60.7 Å². The lowest BCUT2D eigenvalue weighted by Crippen LogP contribution is -2.40. The molecule has 2 aromatic rings. The van der Waals surface area contributed by atoms with E-state index in [1.807, 2.05) is 0 Å². The zero-order chi connectivity index (χ0) is 21.6. The number of fused-ring (bicyclic) bond motifs is 2. The Morgan fingerprint density at radius 2 is 1.03 bits per heavy atom. The molecule has 6 rings (SSSR count). The summed E-state index contributed by atoms with van der Waals surface area (Å²) in [5.41, 5.74) is 2.89. The molecule has 4 fully saturated rings. The van der Waals surface area contributed by atoms with Crippen LogP contribution in [0.3, 0.4) is 0 Å². The van der Waals surface area contributed by atoms with Gasteiger partial charge in [-0.25, -0.2) is 0 Å². The minimum Gasteiger partial charge on any atom is -0.312 e. The van der Waals surface area contributed by atoms with Gasteiger partial charge < -0.3 is 10.6 Å². The topological polar surface area (TPSA) is 30.5 Å². The van der Waals surface area contributed by atoms with Crippen LogP contribution in [0.4, 0.5) is 0 Å². The van der Waals surface area contributed by atoms with Crippen molar-refractivity contribution in [1.82, 2.24) is 20.4 Å². The monoisotopic (exact) mass is 432 g/mol. The summed E-state index contributed by atoms with van der Waals surface area (Å²) in [6.45, 7) is 9.73. The molecule has 0 saturated carbocycles. The predicted molar refractivity (Wildman–Crippen MR) is 132 cm³/mol. The van der Waals surface area contributed by atoms with E-state index in [9.17, 15) is 0 Å². The fraction of sp³-hybridized carbons (Fsp3) is 0.571. The van der Waals surface area contributed by atoms with Gasteiger partial charge in [0.1, 0.15) is 0 Å². The van der Waals surface area contributed by atoms with Crippen molar-refractivity contribution in [3.8, 4) is 0 Å². The highest BCUT2D eigenvalue weighted by molar-refractivity contribution is 5.16. The van der Waals surface area contributed by atoms with Crippen LogP contribution in [0, 0.1) is 11.8 Å². The van der Waals surface area contributed by atoms with Crippen molar-refractivity contribution >= 4 is 0 Å². The SMILES string of the molecule is c1ccc(CN2C[C@@H]3CCCN[C@@H]3C2)cc1.c1ccc(CN2C[C@H]3CCCN[C@H]3C2)cc1. The van der Waals surface area contributed by atoms with E-state index in [2.05, 4.69) is 81.1 Å². The number of likely N-dealkylation sites (tertiary alicyclic amines) is 2. The molecule has 4 aliphatic rings. The molecule has 0 aliphatic carbocycles. The first-order chi connectivity index (χ1) is 15.8. The minimum atomic E-state index is 0.762. The number of hydrogen-bond donors (Lipinski definition) is 2. The highest BCUT2D eigenvalue weighted by Gasteiger charge is 2.34. The molecule has 0 radical (unpaired) electrons. The smallest absolute Gasteiger partial charge is 0.0235 e. The fourth-order valence-electron chi connectivity index (χ4n) is 6.21. The van der Waals surface area contributed by atoms with Crippen LogP contribution in [0.5, 0.6) is 0 Å². The molecule has 0 bridgehead atoms. The highest BCUT2D eigenvalue weighted by Crippen LogP contribution is 2.27. The Morgan fingerprint density at radius 1 is 0.594 bits per heavy atom. The Morgan fingerprint density at radius 3 is 1.44 bits per heavy atom. The zero-order valence-corrected chi connectivity index (χ0v) is 19.5. The third-order valence-electron chi connectivity index (χ3n) is 7.85. The summed E-state index contributed by atoms with van der Waals surface area (Å²) in [5.74, 6) is 1.80. The van der Waals surface area contributed by atoms with Gasteiger partial charge in [-0.15, -0.1) is 0 Å². The second-order valence-electron chi connectivity index (χ2n) is 10.3. The molecular weight excluding hydrogens is 392 g/mol. The van der Waals surface area contributed by atoms with Crippen LogP contribution in [-0.4, -0.2) is 61.2 Å². The van der Waals surface area contributed by atoms with E-state index < -0.39 is 0 Å². The molecule has 0 aromatic heterocycles. The van der Waals surface area contributed by atoms with Gasteiger partial charge in [-0.3, -0.25) is 9.80 Å². The Hall–Kier alpha value is -1.72. The van der Waals surface area contributed by atoms with Gasteiger partial charge in [0.05, 0.1) is 0 Å². The molecule has 4 saturated heterocycles. The van der Waals surface area contributed by atoms with Crippen LogP contribution in [0.25, 0.3) is 0 Å². The number of rotatable bonds is 4. The van der Waals surface area contributed by atoms with E-state index in [-0.39, 0.29) is 0 Å². The molecule has 4 aliphatic heterocycles. The van der Waals surface area contributed by atoms with Gasteiger partial charge in [0.15, 0.2) is 0 Å². The molecule has 0 amide bonds. The first-order valence-electron chi connectivity index (χ1n) is 12.8. The van der Waals surface area contributed by atoms with Gasteiger partial charge >= 0.3 is 0 Å². The number of nitrogens with one attached hydrogen (secondary N) is 2. The average Bonchev–Trinajstić information content (AvgIpc) is 3.43. The minimum absolute atomic E-state index is 0.762. The van der Waals surface area contributed by atoms with E-state index in [1.54, 1.807) is 0 Å². The van der Waals surface area contributed by atoms with E-state index in [1.165, 1.54) is 76.1 Å². The van der Waals surface area contributed by atoms with Gasteiger partial charge in [0.2, 0.25) is 0 Å². The number of benzene rings is 2. The molecule has 0 unspecified atom stereocenters. The standard InChI is InChI=1S/2C14H20N2/c2*1-2-5-12(6-3-1)9-16-10-13-7-4-8-15-14(13)11-16/h2*1-3,5-6,13-15H,4,7-11H2/t2*13-,14+/m10/s1. The maximum atomic E-state index is 3.66. The van der Waals surface area contributed by atoms with E-state index in [0.29, 0.717) is 0 Å². The zero-order valence-electron chi connectivity index (χ0n) is 19.5. The first-order valence-corrected chi connectivity index (χ1v) is 12.8. The second kappa shape index (κ2) is 10.9. The Labute approximate surface area is 194 Å². The van der Waals surface area contributed by atoms with Crippen LogP contribution in [0.1, 0.15) is 36.8 Å². The lowest BCUT2D eigenvalue weighted by molar-refractivity contribution is 0.312. The average molecular weight is 433 g/mol. The van der Waals surface area contributed by atoms with Gasteiger partial charge in [0, 0.05) is 51.4 Å². The van der Waals surface area contributed by atoms with Crippen molar-refractivity contribution in [2.24, 2.45) is 11.8 Å². The highest BCUT2D eigenvalue weighted by atomic mass is 15.2. The summed E-state index contributed by atoms with van der Waals surface area (Å²) in [6, 6.07) is 23.2. The number of hydrogen-bond acceptors (Lipinski definition) is 4. The molecule has 4 nitrogen and oxygen atoms in total. The maximum absolute atomic E-state index is 3.66. The first kappa shape index (κ1) is 22.1. The molecule has 32 heavy (non-hydrogen) atoms. The molecule has 2 aromatic carbocycles. The summed E-state index contributed by atoms with van der Waals surface area (Å²) in [6.07, 6.45) is 5.56. The van der Waals surface area contributed by atoms with Crippen molar-refractivity contribution in [3.63, 3.8) is 0 Å². The number of nitrogens with zero attached hydrogens (tertiary/aromatic N) is 2. The summed E-state index contributed by atoms with van der Waals surface area (Å²) < 4.78 is 0. The molecule has 4 heterocycles. The van der Waals surface area contributed by atoms with Gasteiger partial charge in [-0.05, 0) is 61.7 Å². The van der Waals surface area contributed by atoms with E-state index >= 15 is 0 Å². The fourth-order valence-corrected chi connectivity index (χ4v) is 6.21. The normalized spacial score (nSPS) is 30.2. The quantitative estimate of drug-likeness (QED) is 0.771. The third kappa shape index (κ3) is 5.79. The summed E-state index contributed by atoms with van der Waals surface area (Å²) in [4.78, 5) is 5.20. The van der Waals surface area contributed by atoms with Crippen molar-refractivity contribution in [3.05, 3.63) is 71.8 Å². The summed E-state index contributed by atoms with van der Waals surface area (Å²) in [7, 11) is 0. The van der Waals surface area contributed by atoms with Gasteiger partial charge in [0.25, 0.3) is 0 Å². The summed E-state index contributed by atoms with van der Waals surface area (Å²) >= 11 is 0. The maximum Gasteiger partial charge on any atom is 0.0235 e. The Kier molecular flexibility index (Phi) is 7.55. The van der Waals surface area contributed by atoms with Crippen LogP contribution in [0.2, 0.25) is 0 Å². The largest absolute Gasteiger partial charge is 0.312 e. The van der Waals surface area contributed by atoms with Crippen molar-refractivity contribution in [1.29, 1.82) is 0 Å². The second-order valence-corrected chi connectivity index (χ2v) is 10.3. The molecule has 4 heteroatoms. The van der Waals surface area contributed by atoms with Crippen molar-refractivity contribution in [2.75, 3.05) is 39.3 Å². The predicted octanol–water partition coefficient (Wildman–Crippen LogP) is 3.74. The molecule has 0 spiro atoms. The molecular formula is C28H40N4. The van der Waals surface area contributed by atoms with E-state index in [4.69, 9.17) is 0 Å². The molecule has 172 valence electrons. The van der Waals surface area contributed by atoms with Crippen LogP contribution in [-0.2, 0) is 13.1 Å². The molecule has 4 atom stereocenters. The Bertz CT molecular complexity index is 713. The lowest BCUT2D eigenvalue weighted by atomic mass is 9.94. The van der Waals surface area contributed by atoms with Crippen molar-refractivity contribution in [2.45, 2.75) is 50.9 Å². The van der Waals surface area contributed by atoms with Crippen LogP contribution < -0.4 is 10.6 Å². The summed E-state index contributed by atoms with van der Waals surface area (Å²) in [5, 5.41) is 7.31. The van der Waals surface area contributed by atoms with E-state index in [0.717, 1.165) is 37.0 Å². The van der Waals surface area contributed by atoms with Crippen LogP contribution in [0.15, 0.2) is 60.7 Å². The van der Waals surface area contributed by atoms with Crippen LogP contribution >= 0.6 is 0 Å². The lowest BCUT2D eigenvalue weighted by Gasteiger charge is -2.24. The van der Waals surface area contributed by atoms with Gasteiger partial charge in [-0.2, -0.15) is 0 Å². The third-order valence-corrected chi connectivity index (χ3v) is 7.85.